The quantitative estimate of drug-likeness (QED) is 0.514. The van der Waals surface area contributed by atoms with Crippen molar-refractivity contribution in [2.75, 3.05) is 26.9 Å². The van der Waals surface area contributed by atoms with Crippen LogP contribution in [0.2, 0.25) is 0 Å². The maximum absolute atomic E-state index is 12.1. The predicted molar refractivity (Wildman–Crippen MR) is 111 cm³/mol. The largest absolute Gasteiger partial charge is 0.493 e. The summed E-state index contributed by atoms with van der Waals surface area (Å²) in [6, 6.07) is 14.2. The fourth-order valence-corrected chi connectivity index (χ4v) is 3.53. The summed E-state index contributed by atoms with van der Waals surface area (Å²) in [4.78, 5) is 12.1. The lowest BCUT2D eigenvalue weighted by molar-refractivity contribution is -0.121. The van der Waals surface area contributed by atoms with Crippen molar-refractivity contribution in [1.29, 1.82) is 0 Å². The maximum atomic E-state index is 12.1. The van der Waals surface area contributed by atoms with Crippen LogP contribution in [0.3, 0.4) is 0 Å². The van der Waals surface area contributed by atoms with E-state index < -0.39 is 10.0 Å². The van der Waals surface area contributed by atoms with Gasteiger partial charge in [0.15, 0.2) is 0 Å². The molecule has 0 spiro atoms. The Balaban J connectivity index is 1.73. The van der Waals surface area contributed by atoms with Crippen molar-refractivity contribution >= 4 is 15.9 Å². The lowest BCUT2D eigenvalue weighted by Gasteiger charge is -2.09. The number of benzene rings is 2. The van der Waals surface area contributed by atoms with Crippen molar-refractivity contribution in [2.45, 2.75) is 31.2 Å². The second kappa shape index (κ2) is 11.5. The van der Waals surface area contributed by atoms with Gasteiger partial charge in [0.2, 0.25) is 15.9 Å². The normalized spacial score (nSPS) is 11.2. The van der Waals surface area contributed by atoms with E-state index in [0.717, 1.165) is 17.7 Å². The fourth-order valence-electron chi connectivity index (χ4n) is 2.52. The number of carbonyl (C=O) groups is 1. The maximum Gasteiger partial charge on any atom is 0.240 e. The minimum Gasteiger partial charge on any atom is -0.493 e. The minimum atomic E-state index is -3.56. The van der Waals surface area contributed by atoms with Gasteiger partial charge in [-0.1, -0.05) is 31.2 Å². The molecule has 0 atom stereocenters. The first kappa shape index (κ1) is 22.9. The first-order valence-electron chi connectivity index (χ1n) is 9.50. The average molecular weight is 421 g/mol. The Morgan fingerprint density at radius 3 is 2.24 bits per heavy atom. The summed E-state index contributed by atoms with van der Waals surface area (Å²) >= 11 is 0. The molecule has 1 amide bonds. The summed E-state index contributed by atoms with van der Waals surface area (Å²) in [6.07, 6.45) is 1.21. The molecule has 0 aliphatic rings. The van der Waals surface area contributed by atoms with Gasteiger partial charge in [-0.2, -0.15) is 0 Å². The summed E-state index contributed by atoms with van der Waals surface area (Å²) in [6.45, 7) is 3.22. The van der Waals surface area contributed by atoms with Crippen LogP contribution in [0, 0.1) is 0 Å². The summed E-state index contributed by atoms with van der Waals surface area (Å²) in [5, 5.41) is 2.80. The molecule has 7 nitrogen and oxygen atoms in total. The van der Waals surface area contributed by atoms with Crippen LogP contribution in [-0.4, -0.2) is 41.2 Å². The minimum absolute atomic E-state index is 0.131. The van der Waals surface area contributed by atoms with Crippen molar-refractivity contribution < 1.29 is 22.7 Å². The van der Waals surface area contributed by atoms with E-state index in [1.54, 1.807) is 12.1 Å². The number of ether oxygens (including phenoxy) is 2. The lowest BCUT2D eigenvalue weighted by Crippen LogP contribution is -2.27. The molecule has 0 unspecified atom stereocenters. The van der Waals surface area contributed by atoms with Crippen LogP contribution in [0.15, 0.2) is 53.4 Å². The van der Waals surface area contributed by atoms with E-state index >= 15 is 0 Å². The Kier molecular flexibility index (Phi) is 9.11. The molecule has 0 heterocycles. The number of sulfonamides is 1. The standard InChI is InChI=1S/C21H28N2O5S/c1-3-17-4-8-19(9-5-17)28-14-12-21(24)22-16-18-6-10-20(11-7-18)29(25,26)23-13-15-27-2/h4-11,23H,3,12-16H2,1-2H3,(H,22,24). The number of nitrogens with one attached hydrogen (secondary N) is 2. The van der Waals surface area contributed by atoms with Crippen LogP contribution in [0.4, 0.5) is 0 Å². The number of hydrogen-bond acceptors (Lipinski definition) is 5. The third-order valence-electron chi connectivity index (χ3n) is 4.25. The van der Waals surface area contributed by atoms with Crippen LogP contribution < -0.4 is 14.8 Å². The van der Waals surface area contributed by atoms with E-state index in [1.165, 1.54) is 24.8 Å². The third-order valence-corrected chi connectivity index (χ3v) is 5.73. The van der Waals surface area contributed by atoms with Gasteiger partial charge in [0.1, 0.15) is 5.75 Å². The van der Waals surface area contributed by atoms with Crippen molar-refractivity contribution in [3.05, 3.63) is 59.7 Å². The molecule has 0 bridgehead atoms. The Hall–Kier alpha value is -2.42. The second-order valence-corrected chi connectivity index (χ2v) is 8.17. The number of carbonyl (C=O) groups excluding carboxylic acids is 1. The summed E-state index contributed by atoms with van der Waals surface area (Å²) in [7, 11) is -2.05. The smallest absolute Gasteiger partial charge is 0.240 e. The van der Waals surface area contributed by atoms with Crippen LogP contribution in [0.25, 0.3) is 0 Å². The van der Waals surface area contributed by atoms with Gasteiger partial charge in [0.05, 0.1) is 24.5 Å². The van der Waals surface area contributed by atoms with Gasteiger partial charge in [-0.05, 0) is 41.8 Å². The number of rotatable bonds is 12. The Labute approximate surface area is 172 Å². The zero-order valence-corrected chi connectivity index (χ0v) is 17.6. The van der Waals surface area contributed by atoms with Crippen molar-refractivity contribution in [2.24, 2.45) is 0 Å². The molecule has 2 aromatic rings. The topological polar surface area (TPSA) is 93.7 Å². The molecule has 2 N–H and O–H groups in total. The van der Waals surface area contributed by atoms with Crippen LogP contribution in [0.1, 0.15) is 24.5 Å². The van der Waals surface area contributed by atoms with Crippen molar-refractivity contribution in [1.82, 2.24) is 10.0 Å². The van der Waals surface area contributed by atoms with Gasteiger partial charge in [-0.25, -0.2) is 13.1 Å². The molecule has 0 saturated heterocycles. The molecule has 0 aliphatic heterocycles. The van der Waals surface area contributed by atoms with E-state index in [2.05, 4.69) is 17.0 Å². The van der Waals surface area contributed by atoms with Crippen LogP contribution >= 0.6 is 0 Å². The molecule has 0 radical (unpaired) electrons. The fraction of sp³-hybridized carbons (Fsp3) is 0.381. The van der Waals surface area contributed by atoms with E-state index in [9.17, 15) is 13.2 Å². The monoisotopic (exact) mass is 420 g/mol. The zero-order valence-electron chi connectivity index (χ0n) is 16.8. The van der Waals surface area contributed by atoms with Gasteiger partial charge in [-0.15, -0.1) is 0 Å². The number of methoxy groups -OCH3 is 1. The number of hydrogen-bond donors (Lipinski definition) is 2. The van der Waals surface area contributed by atoms with Crippen molar-refractivity contribution in [3.8, 4) is 5.75 Å². The number of amides is 1. The van der Waals surface area contributed by atoms with Gasteiger partial charge >= 0.3 is 0 Å². The predicted octanol–water partition coefficient (Wildman–Crippen LogP) is 2.26. The van der Waals surface area contributed by atoms with Gasteiger partial charge in [0.25, 0.3) is 0 Å². The first-order valence-corrected chi connectivity index (χ1v) is 11.0. The average Bonchev–Trinajstić information content (AvgIpc) is 2.73. The van der Waals surface area contributed by atoms with Crippen molar-refractivity contribution in [3.63, 3.8) is 0 Å². The van der Waals surface area contributed by atoms with Gasteiger partial charge < -0.3 is 14.8 Å². The molecule has 2 aromatic carbocycles. The third kappa shape index (κ3) is 7.84. The molecular formula is C21H28N2O5S. The lowest BCUT2D eigenvalue weighted by atomic mass is 10.2. The highest BCUT2D eigenvalue weighted by atomic mass is 32.2. The van der Waals surface area contributed by atoms with E-state index in [0.29, 0.717) is 19.8 Å². The molecule has 0 aliphatic carbocycles. The number of aryl methyl sites for hydroxylation is 1. The van der Waals surface area contributed by atoms with Gasteiger partial charge in [-0.3, -0.25) is 4.79 Å². The molecule has 29 heavy (non-hydrogen) atoms. The molecular weight excluding hydrogens is 392 g/mol. The van der Waals surface area contributed by atoms with Crippen LogP contribution in [-0.2, 0) is 32.5 Å². The molecule has 0 aromatic heterocycles. The van der Waals surface area contributed by atoms with Gasteiger partial charge in [0, 0.05) is 20.2 Å². The highest BCUT2D eigenvalue weighted by Gasteiger charge is 2.13. The second-order valence-electron chi connectivity index (χ2n) is 6.41. The molecule has 0 saturated carbocycles. The Bertz CT molecular complexity index is 865. The highest BCUT2D eigenvalue weighted by molar-refractivity contribution is 7.89. The molecule has 8 heteroatoms. The molecule has 0 fully saturated rings. The van der Waals surface area contributed by atoms with E-state index in [-0.39, 0.29) is 23.8 Å². The molecule has 158 valence electrons. The first-order chi connectivity index (χ1) is 13.9. The summed E-state index contributed by atoms with van der Waals surface area (Å²) in [5.41, 5.74) is 2.05. The Morgan fingerprint density at radius 2 is 1.62 bits per heavy atom. The molecule has 2 rings (SSSR count). The summed E-state index contributed by atoms with van der Waals surface area (Å²) < 4.78 is 37.1. The summed E-state index contributed by atoms with van der Waals surface area (Å²) in [5.74, 6) is 0.610. The SMILES string of the molecule is CCc1ccc(OCCC(=O)NCc2ccc(S(=O)(=O)NCCOC)cc2)cc1. The Morgan fingerprint density at radius 1 is 0.966 bits per heavy atom. The van der Waals surface area contributed by atoms with Crippen LogP contribution in [0.5, 0.6) is 5.75 Å². The van der Waals surface area contributed by atoms with E-state index in [4.69, 9.17) is 9.47 Å². The zero-order chi connectivity index (χ0) is 21.1. The van der Waals surface area contributed by atoms with E-state index in [1.807, 2.05) is 24.3 Å². The highest BCUT2D eigenvalue weighted by Crippen LogP contribution is 2.13.